The molecule has 100 valence electrons. The quantitative estimate of drug-likeness (QED) is 0.628. The first-order valence-corrected chi connectivity index (χ1v) is 6.21. The van der Waals surface area contributed by atoms with Gasteiger partial charge in [0, 0.05) is 0 Å². The minimum Gasteiger partial charge on any atom is -0.419 e. The largest absolute Gasteiger partial charge is 0.419 e. The van der Waals surface area contributed by atoms with Crippen LogP contribution in [0.15, 0.2) is 54.8 Å². The third kappa shape index (κ3) is 1.95. The highest BCUT2D eigenvalue weighted by atomic mass is 16.4. The minimum atomic E-state index is -0.473. The van der Waals surface area contributed by atoms with Crippen molar-refractivity contribution in [1.82, 2.24) is 0 Å². The maximum atomic E-state index is 12.1. The summed E-state index contributed by atoms with van der Waals surface area (Å²) in [6.07, 6.45) is 0. The Balaban J connectivity index is 2.68. The van der Waals surface area contributed by atoms with E-state index in [1.807, 2.05) is 19.9 Å². The van der Waals surface area contributed by atoms with Crippen molar-refractivity contribution in [2.75, 3.05) is 0 Å². The zero-order valence-electron chi connectivity index (χ0n) is 11.1. The first-order valence-electron chi connectivity index (χ1n) is 6.21. The van der Waals surface area contributed by atoms with Gasteiger partial charge >= 0.3 is 11.3 Å². The summed E-state index contributed by atoms with van der Waals surface area (Å²) in [6.45, 7) is 3.72. The van der Waals surface area contributed by atoms with Crippen molar-refractivity contribution in [1.29, 1.82) is 0 Å². The Labute approximate surface area is 113 Å². The molecule has 0 aliphatic rings. The van der Waals surface area contributed by atoms with E-state index in [4.69, 9.17) is 8.83 Å². The first kappa shape index (κ1) is 12.4. The maximum absolute atomic E-state index is 12.1. The molecule has 4 rings (SSSR count). The SMILES string of the molecule is Cc1ccc2oc(=O)c3ccc(cc3)c(=O)oc2c1C. The van der Waals surface area contributed by atoms with Crippen LogP contribution in [0.5, 0.6) is 0 Å². The molecule has 0 saturated heterocycles. The fraction of sp³-hybridized carbons (Fsp3) is 0.125. The number of hydrogen-bond acceptors (Lipinski definition) is 4. The highest BCUT2D eigenvalue weighted by Gasteiger charge is 2.05. The second kappa shape index (κ2) is 4.49. The van der Waals surface area contributed by atoms with Crippen molar-refractivity contribution in [3.05, 3.63) is 68.4 Å². The van der Waals surface area contributed by atoms with Gasteiger partial charge in [0.15, 0.2) is 11.2 Å². The second-order valence-electron chi connectivity index (χ2n) is 4.69. The summed E-state index contributed by atoms with van der Waals surface area (Å²) >= 11 is 0. The normalized spacial score (nSPS) is 10.9. The summed E-state index contributed by atoms with van der Waals surface area (Å²) in [5, 5.41) is 0.794. The lowest BCUT2D eigenvalue weighted by Gasteiger charge is -2.01. The van der Waals surface area contributed by atoms with Gasteiger partial charge in [-0.2, -0.15) is 0 Å². The predicted octanol–water partition coefficient (Wildman–Crippen LogP) is 3.08. The van der Waals surface area contributed by atoms with Crippen molar-refractivity contribution in [3.63, 3.8) is 0 Å². The Morgan fingerprint density at radius 1 is 0.750 bits per heavy atom. The van der Waals surface area contributed by atoms with Crippen LogP contribution in [-0.4, -0.2) is 0 Å². The van der Waals surface area contributed by atoms with Gasteiger partial charge in [0.2, 0.25) is 0 Å². The standard InChI is InChI=1S/C16H12O4/c1-9-3-8-13-14(10(9)2)20-16(18)12-6-4-11(5-7-12)15(17)19-13/h3-8H,1-2H3. The van der Waals surface area contributed by atoms with E-state index in [0.29, 0.717) is 16.4 Å². The van der Waals surface area contributed by atoms with Crippen molar-refractivity contribution < 1.29 is 8.83 Å². The number of benzene rings is 2. The van der Waals surface area contributed by atoms with Crippen molar-refractivity contribution >= 4 is 21.9 Å². The molecular weight excluding hydrogens is 256 g/mol. The molecule has 4 heteroatoms. The van der Waals surface area contributed by atoms with Gasteiger partial charge in [0.05, 0.1) is 10.8 Å². The molecule has 0 spiro atoms. The molecule has 0 aliphatic carbocycles. The highest BCUT2D eigenvalue weighted by molar-refractivity contribution is 5.75. The van der Waals surface area contributed by atoms with E-state index >= 15 is 0 Å². The lowest BCUT2D eigenvalue weighted by Crippen LogP contribution is -2.01. The van der Waals surface area contributed by atoms with Crippen LogP contribution in [0.2, 0.25) is 0 Å². The van der Waals surface area contributed by atoms with Crippen LogP contribution in [0.25, 0.3) is 21.9 Å². The average molecular weight is 268 g/mol. The third-order valence-corrected chi connectivity index (χ3v) is 3.39. The molecular formula is C16H12O4. The van der Waals surface area contributed by atoms with Crippen LogP contribution in [0.4, 0.5) is 0 Å². The molecule has 0 atom stereocenters. The molecule has 2 heterocycles. The molecule has 4 nitrogen and oxygen atoms in total. The van der Waals surface area contributed by atoms with Gasteiger partial charge in [-0.05, 0) is 55.3 Å². The zero-order valence-corrected chi connectivity index (χ0v) is 11.1. The van der Waals surface area contributed by atoms with E-state index in [-0.39, 0.29) is 5.58 Å². The Bertz CT molecular complexity index is 941. The molecule has 0 amide bonds. The van der Waals surface area contributed by atoms with E-state index in [9.17, 15) is 9.59 Å². The molecule has 2 aromatic heterocycles. The number of aryl methyl sites for hydroxylation is 2. The summed E-state index contributed by atoms with van der Waals surface area (Å²) < 4.78 is 10.7. The lowest BCUT2D eigenvalue weighted by molar-refractivity contribution is 0.531. The van der Waals surface area contributed by atoms with Crippen LogP contribution < -0.4 is 11.3 Å². The van der Waals surface area contributed by atoms with Gasteiger partial charge in [-0.25, -0.2) is 9.59 Å². The van der Waals surface area contributed by atoms with Gasteiger partial charge in [-0.1, -0.05) is 6.07 Å². The Hall–Kier alpha value is -2.62. The molecule has 0 fully saturated rings. The number of fused-ring (bicyclic) bond motifs is 4. The molecule has 0 radical (unpaired) electrons. The summed E-state index contributed by atoms with van der Waals surface area (Å²) in [6, 6.07) is 9.65. The Kier molecular flexibility index (Phi) is 2.79. The summed E-state index contributed by atoms with van der Waals surface area (Å²) in [5.41, 5.74) is 1.35. The van der Waals surface area contributed by atoms with Crippen LogP contribution in [0.1, 0.15) is 11.1 Å². The van der Waals surface area contributed by atoms with Crippen molar-refractivity contribution in [3.8, 4) is 0 Å². The fourth-order valence-corrected chi connectivity index (χ4v) is 2.03. The van der Waals surface area contributed by atoms with Gasteiger partial charge in [-0.15, -0.1) is 0 Å². The van der Waals surface area contributed by atoms with E-state index in [0.717, 1.165) is 11.1 Å². The highest BCUT2D eigenvalue weighted by Crippen LogP contribution is 2.18. The molecule has 2 bridgehead atoms. The van der Waals surface area contributed by atoms with Crippen LogP contribution in [-0.2, 0) is 0 Å². The molecule has 0 saturated carbocycles. The minimum absolute atomic E-state index is 0.258. The predicted molar refractivity (Wildman–Crippen MR) is 76.8 cm³/mol. The van der Waals surface area contributed by atoms with Crippen LogP contribution in [0, 0.1) is 13.8 Å². The molecule has 0 N–H and O–H groups in total. The van der Waals surface area contributed by atoms with E-state index in [1.165, 1.54) is 0 Å². The number of hydrogen-bond donors (Lipinski definition) is 0. The molecule has 2 aromatic carbocycles. The maximum Gasteiger partial charge on any atom is 0.343 e. The second-order valence-corrected chi connectivity index (χ2v) is 4.69. The summed E-state index contributed by atoms with van der Waals surface area (Å²) in [4.78, 5) is 24.1. The average Bonchev–Trinajstić information content (AvgIpc) is 2.46. The van der Waals surface area contributed by atoms with Gasteiger partial charge < -0.3 is 8.83 Å². The summed E-state index contributed by atoms with van der Waals surface area (Å²) in [7, 11) is 0. The molecule has 4 aromatic rings. The van der Waals surface area contributed by atoms with Gasteiger partial charge in [0.25, 0.3) is 0 Å². The number of rotatable bonds is 0. The monoisotopic (exact) mass is 268 g/mol. The molecule has 20 heavy (non-hydrogen) atoms. The zero-order chi connectivity index (χ0) is 14.3. The lowest BCUT2D eigenvalue weighted by atomic mass is 10.1. The Morgan fingerprint density at radius 3 is 1.90 bits per heavy atom. The van der Waals surface area contributed by atoms with Crippen LogP contribution in [0.3, 0.4) is 0 Å². The van der Waals surface area contributed by atoms with E-state index in [2.05, 4.69) is 0 Å². The van der Waals surface area contributed by atoms with Crippen LogP contribution >= 0.6 is 0 Å². The van der Waals surface area contributed by atoms with Gasteiger partial charge in [-0.3, -0.25) is 0 Å². The fourth-order valence-electron chi connectivity index (χ4n) is 2.03. The van der Waals surface area contributed by atoms with Gasteiger partial charge in [0.1, 0.15) is 0 Å². The first-order chi connectivity index (χ1) is 9.56. The Morgan fingerprint density at radius 2 is 1.30 bits per heavy atom. The smallest absolute Gasteiger partial charge is 0.343 e. The van der Waals surface area contributed by atoms with Crippen molar-refractivity contribution in [2.24, 2.45) is 0 Å². The summed E-state index contributed by atoms with van der Waals surface area (Å²) in [5.74, 6) is 0. The molecule has 0 aliphatic heterocycles. The third-order valence-electron chi connectivity index (χ3n) is 3.39. The van der Waals surface area contributed by atoms with E-state index in [1.54, 1.807) is 30.3 Å². The topological polar surface area (TPSA) is 60.4 Å². The van der Waals surface area contributed by atoms with E-state index < -0.39 is 11.3 Å². The molecule has 0 unspecified atom stereocenters. The van der Waals surface area contributed by atoms with Crippen molar-refractivity contribution in [2.45, 2.75) is 13.8 Å².